The molecule has 0 aliphatic carbocycles. The normalized spacial score (nSPS) is 10.7. The minimum atomic E-state index is -0.437. The van der Waals surface area contributed by atoms with Crippen LogP contribution in [0.4, 0.5) is 5.69 Å². The van der Waals surface area contributed by atoms with Gasteiger partial charge < -0.3 is 15.0 Å². The van der Waals surface area contributed by atoms with E-state index in [9.17, 15) is 19.2 Å². The van der Waals surface area contributed by atoms with Gasteiger partial charge >= 0.3 is 0 Å². The van der Waals surface area contributed by atoms with E-state index in [2.05, 4.69) is 10.4 Å². The number of nitrogens with zero attached hydrogens (tertiary/aromatic N) is 2. The molecule has 0 saturated carbocycles. The Balaban J connectivity index is 1.63. The van der Waals surface area contributed by atoms with Gasteiger partial charge in [-0.15, -0.1) is 0 Å². The zero-order valence-electron chi connectivity index (χ0n) is 17.0. The summed E-state index contributed by atoms with van der Waals surface area (Å²) in [5, 5.41) is 6.13. The molecule has 2 amide bonds. The second-order valence-corrected chi connectivity index (χ2v) is 7.27. The Morgan fingerprint density at radius 1 is 1.16 bits per heavy atom. The predicted octanol–water partition coefficient (Wildman–Crippen LogP) is 1.84. The summed E-state index contributed by atoms with van der Waals surface area (Å²) < 4.78 is 6.28. The van der Waals surface area contributed by atoms with Gasteiger partial charge in [0.25, 0.3) is 11.1 Å². The summed E-state index contributed by atoms with van der Waals surface area (Å²) in [6.07, 6.45) is -0.0710. The lowest BCUT2D eigenvalue weighted by molar-refractivity contribution is -0.133. The summed E-state index contributed by atoms with van der Waals surface area (Å²) >= 11 is 5.95. The van der Waals surface area contributed by atoms with Crippen molar-refractivity contribution in [2.24, 2.45) is 0 Å². The van der Waals surface area contributed by atoms with Crippen molar-refractivity contribution in [1.82, 2.24) is 14.7 Å². The Hall–Kier alpha value is -3.59. The van der Waals surface area contributed by atoms with E-state index in [4.69, 9.17) is 16.3 Å². The van der Waals surface area contributed by atoms with Gasteiger partial charge in [-0.2, -0.15) is 0 Å². The minimum absolute atomic E-state index is 0.0220. The van der Waals surface area contributed by atoms with Crippen LogP contribution in [0.2, 0.25) is 5.02 Å². The fourth-order valence-electron chi connectivity index (χ4n) is 3.07. The maximum atomic E-state index is 12.5. The number of ether oxygens (including phenoxy) is 1. The van der Waals surface area contributed by atoms with Crippen molar-refractivity contribution in [1.29, 1.82) is 0 Å². The molecule has 9 nitrogen and oxygen atoms in total. The largest absolute Gasteiger partial charge is 0.495 e. The van der Waals surface area contributed by atoms with E-state index in [0.717, 1.165) is 4.68 Å². The fourth-order valence-corrected chi connectivity index (χ4v) is 3.25. The first-order valence-electron chi connectivity index (χ1n) is 9.39. The van der Waals surface area contributed by atoms with Gasteiger partial charge in [-0.05, 0) is 30.3 Å². The van der Waals surface area contributed by atoms with Gasteiger partial charge in [-0.25, -0.2) is 4.68 Å². The molecule has 1 heterocycles. The van der Waals surface area contributed by atoms with Crippen LogP contribution in [-0.2, 0) is 16.1 Å². The molecule has 2 N–H and O–H groups in total. The van der Waals surface area contributed by atoms with E-state index >= 15 is 0 Å². The van der Waals surface area contributed by atoms with E-state index in [1.165, 1.54) is 19.1 Å². The van der Waals surface area contributed by atoms with Crippen LogP contribution in [0.5, 0.6) is 5.75 Å². The lowest BCUT2D eigenvalue weighted by atomic mass is 10.2. The van der Waals surface area contributed by atoms with Crippen molar-refractivity contribution in [3.8, 4) is 5.75 Å². The van der Waals surface area contributed by atoms with Crippen LogP contribution in [0, 0.1) is 0 Å². The number of likely N-dealkylation sites (N-methyl/N-ethyl adjacent to an activating group) is 1. The Labute approximate surface area is 182 Å². The third kappa shape index (κ3) is 5.13. The second-order valence-electron chi connectivity index (χ2n) is 6.84. The highest BCUT2D eigenvalue weighted by atomic mass is 35.5. The standard InChI is InChI=1S/C21H21ClN4O5/c1-25(12-18(27)23-16-11-13(22)7-8-17(16)31-2)19(28)9-10-26-21(30)15-6-4-3-5-14(15)20(29)24-26/h3-8,11H,9-10,12H2,1-2H3,(H,23,27)(H,24,29). The highest BCUT2D eigenvalue weighted by Crippen LogP contribution is 2.27. The number of anilines is 1. The van der Waals surface area contributed by atoms with Crippen molar-refractivity contribution < 1.29 is 14.3 Å². The first-order chi connectivity index (χ1) is 14.8. The third-order valence-electron chi connectivity index (χ3n) is 4.68. The third-order valence-corrected chi connectivity index (χ3v) is 4.91. The number of aryl methyl sites for hydroxylation is 1. The highest BCUT2D eigenvalue weighted by molar-refractivity contribution is 6.31. The SMILES string of the molecule is COc1ccc(Cl)cc1NC(=O)CN(C)C(=O)CCn1[nH]c(=O)c2ccccc2c1=O. The van der Waals surface area contributed by atoms with Crippen LogP contribution < -0.4 is 21.2 Å². The maximum absolute atomic E-state index is 12.5. The first-order valence-corrected chi connectivity index (χ1v) is 9.77. The summed E-state index contributed by atoms with van der Waals surface area (Å²) in [7, 11) is 2.94. The number of hydrogen-bond acceptors (Lipinski definition) is 5. The molecule has 0 bridgehead atoms. The number of fused-ring (bicyclic) bond motifs is 1. The van der Waals surface area contributed by atoms with Crippen molar-refractivity contribution in [3.63, 3.8) is 0 Å². The van der Waals surface area contributed by atoms with Gasteiger partial charge in [-0.1, -0.05) is 23.7 Å². The molecule has 31 heavy (non-hydrogen) atoms. The number of nitrogens with one attached hydrogen (secondary N) is 2. The van der Waals surface area contributed by atoms with Gasteiger partial charge in [0.15, 0.2) is 0 Å². The van der Waals surface area contributed by atoms with Crippen molar-refractivity contribution >= 4 is 39.9 Å². The molecular weight excluding hydrogens is 424 g/mol. The number of amides is 2. The first kappa shape index (κ1) is 22.1. The minimum Gasteiger partial charge on any atom is -0.495 e. The van der Waals surface area contributed by atoms with Crippen LogP contribution in [-0.4, -0.2) is 47.2 Å². The smallest absolute Gasteiger partial charge is 0.273 e. The average Bonchev–Trinajstić information content (AvgIpc) is 2.75. The quantitative estimate of drug-likeness (QED) is 0.577. The fraction of sp³-hybridized carbons (Fsp3) is 0.238. The molecule has 3 aromatic rings. The molecule has 10 heteroatoms. The van der Waals surface area contributed by atoms with E-state index in [1.807, 2.05) is 0 Å². The van der Waals surface area contributed by atoms with Gasteiger partial charge in [0.1, 0.15) is 5.75 Å². The molecule has 0 aliphatic heterocycles. The summed E-state index contributed by atoms with van der Waals surface area (Å²) in [6, 6.07) is 11.3. The summed E-state index contributed by atoms with van der Waals surface area (Å²) in [5.41, 5.74) is -0.413. The summed E-state index contributed by atoms with van der Waals surface area (Å²) in [6.45, 7) is -0.233. The Kier molecular flexibility index (Phi) is 6.76. The van der Waals surface area contributed by atoms with Gasteiger partial charge in [-0.3, -0.25) is 24.3 Å². The van der Waals surface area contributed by atoms with Crippen molar-refractivity contribution in [2.45, 2.75) is 13.0 Å². The number of aromatic amines is 1. The zero-order chi connectivity index (χ0) is 22.5. The van der Waals surface area contributed by atoms with Crippen LogP contribution in [0.15, 0.2) is 52.1 Å². The number of aromatic nitrogens is 2. The molecule has 0 aliphatic rings. The number of rotatable bonds is 7. The second kappa shape index (κ2) is 9.48. The van der Waals surface area contributed by atoms with E-state index in [-0.39, 0.29) is 30.8 Å². The average molecular weight is 445 g/mol. The lowest BCUT2D eigenvalue weighted by Gasteiger charge is -2.18. The number of hydrogen-bond donors (Lipinski definition) is 2. The molecule has 0 spiro atoms. The molecule has 0 radical (unpaired) electrons. The number of halogens is 1. The van der Waals surface area contributed by atoms with Gasteiger partial charge in [0.05, 0.1) is 36.7 Å². The molecule has 0 fully saturated rings. The Bertz CT molecular complexity index is 1250. The lowest BCUT2D eigenvalue weighted by Crippen LogP contribution is -2.37. The van der Waals surface area contributed by atoms with Gasteiger partial charge in [0.2, 0.25) is 11.8 Å². The van der Waals surface area contributed by atoms with E-state index in [1.54, 1.807) is 42.5 Å². The molecular formula is C21H21ClN4O5. The number of H-pyrrole nitrogens is 1. The number of carbonyl (C=O) groups excluding carboxylic acids is 2. The Morgan fingerprint density at radius 2 is 1.87 bits per heavy atom. The van der Waals surface area contributed by atoms with Crippen LogP contribution in [0.1, 0.15) is 6.42 Å². The molecule has 0 saturated heterocycles. The topological polar surface area (TPSA) is 114 Å². The van der Waals surface area contributed by atoms with Crippen molar-refractivity contribution in [2.75, 3.05) is 26.0 Å². The molecule has 162 valence electrons. The maximum Gasteiger partial charge on any atom is 0.273 e. The molecule has 0 atom stereocenters. The van der Waals surface area contributed by atoms with Crippen LogP contribution in [0.3, 0.4) is 0 Å². The number of carbonyl (C=O) groups is 2. The molecule has 0 unspecified atom stereocenters. The van der Waals surface area contributed by atoms with Crippen LogP contribution >= 0.6 is 11.6 Å². The summed E-state index contributed by atoms with van der Waals surface area (Å²) in [5.74, 6) is -0.367. The number of benzene rings is 2. The summed E-state index contributed by atoms with van der Waals surface area (Å²) in [4.78, 5) is 50.6. The molecule has 3 rings (SSSR count). The monoisotopic (exact) mass is 444 g/mol. The highest BCUT2D eigenvalue weighted by Gasteiger charge is 2.16. The zero-order valence-corrected chi connectivity index (χ0v) is 17.7. The van der Waals surface area contributed by atoms with Crippen LogP contribution in [0.25, 0.3) is 10.8 Å². The van der Waals surface area contributed by atoms with E-state index < -0.39 is 17.0 Å². The predicted molar refractivity (Wildman–Crippen MR) is 118 cm³/mol. The van der Waals surface area contributed by atoms with Gasteiger partial charge in [0, 0.05) is 18.5 Å². The van der Waals surface area contributed by atoms with Crippen molar-refractivity contribution in [3.05, 3.63) is 68.2 Å². The number of methoxy groups -OCH3 is 1. The molecule has 1 aromatic heterocycles. The Morgan fingerprint density at radius 3 is 2.58 bits per heavy atom. The molecule has 2 aromatic carbocycles. The van der Waals surface area contributed by atoms with E-state index in [0.29, 0.717) is 21.8 Å².